The van der Waals surface area contributed by atoms with E-state index < -0.39 is 47.7 Å². The number of Topliss-reactive ketones (excluding diaryl/α,β-unsaturated/α-hetero) is 1. The number of nitrogens with one attached hydrogen (secondary N) is 4. The van der Waals surface area contributed by atoms with E-state index >= 15 is 0 Å². The summed E-state index contributed by atoms with van der Waals surface area (Å²) in [4.78, 5) is 72.0. The third kappa shape index (κ3) is 14.8. The van der Waals surface area contributed by atoms with Crippen molar-refractivity contribution in [3.8, 4) is 0 Å². The molecule has 0 aromatic carbocycles. The molecule has 0 aromatic heterocycles. The SMILES string of the molecule is CC(C)C[C@H](NC(=O)OCC1CCCCC1)C(=O)N[C@@H](CC(C)C)C(=O)N[C@@H](CC1CCCCC1)C(=O)C(=O)NOCC1CCCCC1. The molecule has 3 rings (SSSR count). The minimum absolute atomic E-state index is 0.0435. The summed E-state index contributed by atoms with van der Waals surface area (Å²) < 4.78 is 5.50. The molecule has 11 heteroatoms. The lowest BCUT2D eigenvalue weighted by atomic mass is 9.83. The lowest BCUT2D eigenvalue weighted by Gasteiger charge is -2.29. The Morgan fingerprint density at radius 3 is 1.50 bits per heavy atom. The maximum absolute atomic E-state index is 13.8. The highest BCUT2D eigenvalue weighted by molar-refractivity contribution is 6.38. The average Bonchev–Trinajstić information content (AvgIpc) is 3.07. The maximum atomic E-state index is 13.8. The van der Waals surface area contributed by atoms with Gasteiger partial charge >= 0.3 is 12.0 Å². The van der Waals surface area contributed by atoms with E-state index in [4.69, 9.17) is 9.57 Å². The minimum Gasteiger partial charge on any atom is -0.449 e. The summed E-state index contributed by atoms with van der Waals surface area (Å²) in [6.07, 6.45) is 16.7. The molecule has 3 aliphatic carbocycles. The van der Waals surface area contributed by atoms with Crippen LogP contribution in [0.25, 0.3) is 0 Å². The standard InChI is InChI=1S/C37H64N4O7/c1-25(2)20-31(39-35(44)32(21-26(3)4)40-37(46)47-23-28-16-10-6-11-17-28)34(43)38-30(22-27-14-8-5-9-15-27)33(42)36(45)41-48-24-29-18-12-7-13-19-29/h25-32H,5-24H2,1-4H3,(H,38,43)(H,39,44)(H,40,46)(H,41,45)/t30-,31-,32-/m0/s1. The van der Waals surface area contributed by atoms with Crippen LogP contribution < -0.4 is 21.4 Å². The zero-order chi connectivity index (χ0) is 34.9. The second-order valence-electron chi connectivity index (χ2n) is 15.5. The molecule has 0 bridgehead atoms. The van der Waals surface area contributed by atoms with Gasteiger partial charge in [0.1, 0.15) is 12.1 Å². The zero-order valence-corrected chi connectivity index (χ0v) is 30.1. The van der Waals surface area contributed by atoms with E-state index in [1.807, 2.05) is 27.7 Å². The van der Waals surface area contributed by atoms with Gasteiger partial charge in [0.25, 0.3) is 0 Å². The van der Waals surface area contributed by atoms with E-state index in [9.17, 15) is 24.0 Å². The first-order valence-electron chi connectivity index (χ1n) is 19.0. The Morgan fingerprint density at radius 1 is 0.562 bits per heavy atom. The van der Waals surface area contributed by atoms with Gasteiger partial charge in [-0.25, -0.2) is 10.3 Å². The van der Waals surface area contributed by atoms with E-state index in [2.05, 4.69) is 21.4 Å². The van der Waals surface area contributed by atoms with Crippen molar-refractivity contribution in [3.63, 3.8) is 0 Å². The van der Waals surface area contributed by atoms with E-state index in [0.29, 0.717) is 44.3 Å². The highest BCUT2D eigenvalue weighted by Gasteiger charge is 2.34. The van der Waals surface area contributed by atoms with Crippen molar-refractivity contribution < 1.29 is 33.5 Å². The number of ether oxygens (including phenoxy) is 1. The van der Waals surface area contributed by atoms with Crippen LogP contribution in [0.15, 0.2) is 0 Å². The van der Waals surface area contributed by atoms with Gasteiger partial charge < -0.3 is 20.7 Å². The molecule has 3 aliphatic rings. The number of ketones is 1. The average molecular weight is 677 g/mol. The normalized spacial score (nSPS) is 20.0. The smallest absolute Gasteiger partial charge is 0.407 e. The molecule has 4 N–H and O–H groups in total. The number of amides is 4. The van der Waals surface area contributed by atoms with Crippen LogP contribution in [0, 0.1) is 29.6 Å². The van der Waals surface area contributed by atoms with Crippen LogP contribution in [-0.2, 0) is 28.8 Å². The summed E-state index contributed by atoms with van der Waals surface area (Å²) in [6, 6.07) is -2.89. The maximum Gasteiger partial charge on any atom is 0.407 e. The molecule has 3 fully saturated rings. The van der Waals surface area contributed by atoms with Crippen LogP contribution in [0.4, 0.5) is 4.79 Å². The van der Waals surface area contributed by atoms with Crippen LogP contribution in [0.2, 0.25) is 0 Å². The Labute approximate surface area is 288 Å². The molecule has 274 valence electrons. The molecule has 48 heavy (non-hydrogen) atoms. The van der Waals surface area contributed by atoms with Crippen molar-refractivity contribution >= 4 is 29.6 Å². The van der Waals surface area contributed by atoms with Gasteiger partial charge in [-0.3, -0.25) is 24.0 Å². The Kier molecular flexibility index (Phi) is 17.7. The van der Waals surface area contributed by atoms with Crippen LogP contribution in [0.1, 0.15) is 143 Å². The lowest BCUT2D eigenvalue weighted by Crippen LogP contribution is -2.57. The molecular formula is C37H64N4O7. The van der Waals surface area contributed by atoms with E-state index in [0.717, 1.165) is 83.5 Å². The first kappa shape index (κ1) is 39.7. The topological polar surface area (TPSA) is 152 Å². The number of carbonyl (C=O) groups excluding carboxylic acids is 5. The van der Waals surface area contributed by atoms with Crippen molar-refractivity contribution in [2.45, 2.75) is 161 Å². The van der Waals surface area contributed by atoms with Crippen LogP contribution in [0.3, 0.4) is 0 Å². The van der Waals surface area contributed by atoms with Gasteiger partial charge in [-0.05, 0) is 74.5 Å². The number of hydrogen-bond acceptors (Lipinski definition) is 7. The fraction of sp³-hybridized carbons (Fsp3) is 0.865. The molecule has 0 saturated heterocycles. The van der Waals surface area contributed by atoms with Gasteiger partial charge in [0, 0.05) is 0 Å². The quantitative estimate of drug-likeness (QED) is 0.104. The minimum atomic E-state index is -1.04. The first-order chi connectivity index (χ1) is 23.0. The van der Waals surface area contributed by atoms with Crippen LogP contribution in [0.5, 0.6) is 0 Å². The van der Waals surface area contributed by atoms with Crippen molar-refractivity contribution in [2.75, 3.05) is 13.2 Å². The Bertz CT molecular complexity index is 1020. The van der Waals surface area contributed by atoms with E-state index in [1.54, 1.807) is 0 Å². The summed E-state index contributed by atoms with van der Waals surface area (Å²) in [5.41, 5.74) is 2.34. The summed E-state index contributed by atoms with van der Waals surface area (Å²) in [7, 11) is 0. The fourth-order valence-corrected chi connectivity index (χ4v) is 7.46. The van der Waals surface area contributed by atoms with Crippen molar-refractivity contribution in [3.05, 3.63) is 0 Å². The highest BCUT2D eigenvalue weighted by atomic mass is 16.7. The summed E-state index contributed by atoms with van der Waals surface area (Å²) in [6.45, 7) is 8.50. The first-order valence-corrected chi connectivity index (χ1v) is 19.0. The Hall–Kier alpha value is -2.69. The molecule has 3 atom stereocenters. The molecule has 0 radical (unpaired) electrons. The predicted molar refractivity (Wildman–Crippen MR) is 184 cm³/mol. The predicted octanol–water partition coefficient (Wildman–Crippen LogP) is 5.89. The van der Waals surface area contributed by atoms with Gasteiger partial charge in [0.15, 0.2) is 0 Å². The summed E-state index contributed by atoms with van der Waals surface area (Å²) >= 11 is 0. The molecule has 0 spiro atoms. The molecule has 0 aliphatic heterocycles. The second-order valence-corrected chi connectivity index (χ2v) is 15.5. The Morgan fingerprint density at radius 2 is 1.00 bits per heavy atom. The number of hydroxylamine groups is 1. The monoisotopic (exact) mass is 676 g/mol. The van der Waals surface area contributed by atoms with Crippen molar-refractivity contribution in [2.24, 2.45) is 29.6 Å². The lowest BCUT2D eigenvalue weighted by molar-refractivity contribution is -0.148. The fourth-order valence-electron chi connectivity index (χ4n) is 7.46. The molecule has 0 unspecified atom stereocenters. The molecule has 4 amide bonds. The van der Waals surface area contributed by atoms with Crippen LogP contribution >= 0.6 is 0 Å². The number of hydrogen-bond donors (Lipinski definition) is 4. The molecule has 0 heterocycles. The largest absolute Gasteiger partial charge is 0.449 e. The number of carbonyl (C=O) groups is 5. The molecule has 3 saturated carbocycles. The number of alkyl carbamates (subject to hydrolysis) is 1. The Balaban J connectivity index is 1.64. The third-order valence-corrected chi connectivity index (χ3v) is 10.2. The van der Waals surface area contributed by atoms with Gasteiger partial charge in [-0.1, -0.05) is 98.3 Å². The van der Waals surface area contributed by atoms with Gasteiger partial charge in [-0.15, -0.1) is 0 Å². The van der Waals surface area contributed by atoms with Crippen molar-refractivity contribution in [1.82, 2.24) is 21.4 Å². The molecule has 0 aromatic rings. The van der Waals surface area contributed by atoms with E-state index in [1.165, 1.54) is 12.8 Å². The van der Waals surface area contributed by atoms with Gasteiger partial charge in [0.05, 0.1) is 19.3 Å². The summed E-state index contributed by atoms with van der Waals surface area (Å²) in [5, 5.41) is 8.43. The number of rotatable bonds is 18. The van der Waals surface area contributed by atoms with E-state index in [-0.39, 0.29) is 17.8 Å². The van der Waals surface area contributed by atoms with Crippen LogP contribution in [-0.4, -0.2) is 60.9 Å². The van der Waals surface area contributed by atoms with Crippen molar-refractivity contribution in [1.29, 1.82) is 0 Å². The highest BCUT2D eigenvalue weighted by Crippen LogP contribution is 2.28. The second kappa shape index (κ2) is 21.4. The van der Waals surface area contributed by atoms with Gasteiger partial charge in [-0.2, -0.15) is 0 Å². The molecular weight excluding hydrogens is 612 g/mol. The summed E-state index contributed by atoms with van der Waals surface area (Å²) in [5.74, 6) is -1.57. The van der Waals surface area contributed by atoms with Gasteiger partial charge in [0.2, 0.25) is 17.6 Å². The third-order valence-electron chi connectivity index (χ3n) is 10.2. The molecule has 11 nitrogen and oxygen atoms in total. The zero-order valence-electron chi connectivity index (χ0n) is 30.1.